The molecule has 0 unspecified atom stereocenters. The molecule has 0 fully saturated rings. The van der Waals surface area contributed by atoms with Gasteiger partial charge < -0.3 is 33.5 Å². The molecule has 0 aliphatic heterocycles. The number of ether oxygens (including phenoxy) is 6. The van der Waals surface area contributed by atoms with Gasteiger partial charge in [-0.05, 0) is 35.9 Å². The maximum Gasteiger partial charge on any atom is 0.339 e. The minimum Gasteiger partial charge on any atom is -0.506 e. The van der Waals surface area contributed by atoms with Crippen molar-refractivity contribution in [2.75, 3.05) is 42.7 Å². The van der Waals surface area contributed by atoms with Crippen molar-refractivity contribution >= 4 is 34.1 Å². The maximum absolute atomic E-state index is 14.0. The van der Waals surface area contributed by atoms with Crippen LogP contribution in [0, 0.1) is 0 Å². The molecule has 0 bridgehead atoms. The van der Waals surface area contributed by atoms with Crippen LogP contribution in [0.2, 0.25) is 5.02 Å². The summed E-state index contributed by atoms with van der Waals surface area (Å²) in [6.45, 7) is 0. The van der Waals surface area contributed by atoms with Crippen molar-refractivity contribution in [1.82, 2.24) is 0 Å². The third-order valence-electron chi connectivity index (χ3n) is 6.45. The number of methoxy groups -OCH3 is 6. The molecule has 4 rings (SSSR count). The SMILES string of the molecule is COC(=O)c1c(C(=O)c2cccc(Cl)c2)c(O)c2cc(OC)c(OC)c(OC)c2c1-c1ccc(OC)c(OC)c1. The van der Waals surface area contributed by atoms with E-state index in [1.54, 1.807) is 30.3 Å². The summed E-state index contributed by atoms with van der Waals surface area (Å²) in [5.41, 5.74) is 0.325. The van der Waals surface area contributed by atoms with Crippen molar-refractivity contribution in [3.05, 3.63) is 70.2 Å². The molecule has 0 amide bonds. The van der Waals surface area contributed by atoms with E-state index in [4.69, 9.17) is 40.0 Å². The highest BCUT2D eigenvalue weighted by Crippen LogP contribution is 2.52. The second kappa shape index (κ2) is 11.6. The summed E-state index contributed by atoms with van der Waals surface area (Å²) in [5.74, 6) is -0.611. The summed E-state index contributed by atoms with van der Waals surface area (Å²) >= 11 is 6.16. The number of carbonyl (C=O) groups is 2. The zero-order chi connectivity index (χ0) is 29.1. The van der Waals surface area contributed by atoms with Gasteiger partial charge in [-0.25, -0.2) is 4.79 Å². The summed E-state index contributed by atoms with van der Waals surface area (Å²) in [6.07, 6.45) is 0. The van der Waals surface area contributed by atoms with Crippen molar-refractivity contribution in [3.8, 4) is 45.6 Å². The van der Waals surface area contributed by atoms with Crippen molar-refractivity contribution < 1.29 is 43.1 Å². The van der Waals surface area contributed by atoms with Crippen LogP contribution in [0.4, 0.5) is 0 Å². The average molecular weight is 567 g/mol. The highest BCUT2D eigenvalue weighted by Gasteiger charge is 2.34. The first-order chi connectivity index (χ1) is 19.3. The first-order valence-electron chi connectivity index (χ1n) is 11.9. The number of phenolic OH excluding ortho intramolecular Hbond substituents is 1. The third-order valence-corrected chi connectivity index (χ3v) is 6.68. The van der Waals surface area contributed by atoms with Gasteiger partial charge in [-0.3, -0.25) is 4.79 Å². The molecule has 0 spiro atoms. The quantitative estimate of drug-likeness (QED) is 0.195. The molecule has 208 valence electrons. The molecule has 0 saturated carbocycles. The van der Waals surface area contributed by atoms with E-state index < -0.39 is 17.5 Å². The molecule has 0 aliphatic carbocycles. The van der Waals surface area contributed by atoms with Crippen molar-refractivity contribution in [2.45, 2.75) is 0 Å². The van der Waals surface area contributed by atoms with Crippen LogP contribution in [0.25, 0.3) is 21.9 Å². The topological polar surface area (TPSA) is 110 Å². The van der Waals surface area contributed by atoms with Gasteiger partial charge in [0.15, 0.2) is 28.8 Å². The Morgan fingerprint density at radius 3 is 1.98 bits per heavy atom. The molecule has 9 nitrogen and oxygen atoms in total. The zero-order valence-corrected chi connectivity index (χ0v) is 23.5. The number of rotatable bonds is 9. The number of halogens is 1. The number of aromatic hydroxyl groups is 1. The molecular formula is C30H27ClO9. The number of hydrogen-bond donors (Lipinski definition) is 1. The lowest BCUT2D eigenvalue weighted by atomic mass is 9.85. The van der Waals surface area contributed by atoms with E-state index in [0.29, 0.717) is 22.1 Å². The van der Waals surface area contributed by atoms with Crippen LogP contribution in [0.5, 0.6) is 34.5 Å². The van der Waals surface area contributed by atoms with Crippen LogP contribution in [0.15, 0.2) is 48.5 Å². The maximum atomic E-state index is 14.0. The second-order valence-electron chi connectivity index (χ2n) is 8.44. The predicted octanol–water partition coefficient (Wildman–Crippen LogP) is 5.93. The van der Waals surface area contributed by atoms with Gasteiger partial charge in [0.05, 0.1) is 53.8 Å². The van der Waals surface area contributed by atoms with Crippen molar-refractivity contribution in [2.24, 2.45) is 0 Å². The standard InChI is InChI=1S/C30H27ClO9/c1-35-19-11-10-15(13-20(19)36-2)22-23-18(14-21(37-3)28(38-4)29(23)39-5)27(33)25(24(22)30(34)40-6)26(32)16-8-7-9-17(31)12-16/h7-14,33H,1-6H3. The van der Waals surface area contributed by atoms with E-state index in [0.717, 1.165) is 0 Å². The molecular weight excluding hydrogens is 540 g/mol. The van der Waals surface area contributed by atoms with Gasteiger partial charge in [-0.1, -0.05) is 29.8 Å². The van der Waals surface area contributed by atoms with E-state index in [1.807, 2.05) is 0 Å². The molecule has 4 aromatic rings. The van der Waals surface area contributed by atoms with Crippen LogP contribution >= 0.6 is 11.6 Å². The molecule has 0 atom stereocenters. The minimum atomic E-state index is -0.871. The fourth-order valence-electron chi connectivity index (χ4n) is 4.68. The molecule has 4 aromatic carbocycles. The Balaban J connectivity index is 2.31. The van der Waals surface area contributed by atoms with Gasteiger partial charge in [-0.15, -0.1) is 0 Å². The molecule has 0 radical (unpaired) electrons. The Hall–Kier alpha value is -4.63. The van der Waals surface area contributed by atoms with Gasteiger partial charge in [0.2, 0.25) is 5.75 Å². The van der Waals surface area contributed by atoms with Gasteiger partial charge >= 0.3 is 5.97 Å². The lowest BCUT2D eigenvalue weighted by Gasteiger charge is -2.22. The van der Waals surface area contributed by atoms with Gasteiger partial charge in [0.1, 0.15) is 5.75 Å². The summed E-state index contributed by atoms with van der Waals surface area (Å²) in [6, 6.07) is 12.7. The summed E-state index contributed by atoms with van der Waals surface area (Å²) in [5, 5.41) is 12.4. The highest BCUT2D eigenvalue weighted by atomic mass is 35.5. The smallest absolute Gasteiger partial charge is 0.339 e. The van der Waals surface area contributed by atoms with E-state index in [1.165, 1.54) is 60.9 Å². The van der Waals surface area contributed by atoms with Crippen molar-refractivity contribution in [3.63, 3.8) is 0 Å². The normalized spacial score (nSPS) is 10.7. The molecule has 40 heavy (non-hydrogen) atoms. The monoisotopic (exact) mass is 566 g/mol. The molecule has 0 saturated heterocycles. The molecule has 1 N–H and O–H groups in total. The fourth-order valence-corrected chi connectivity index (χ4v) is 4.87. The van der Waals surface area contributed by atoms with Crippen LogP contribution in [0.1, 0.15) is 26.3 Å². The lowest BCUT2D eigenvalue weighted by molar-refractivity contribution is 0.0598. The van der Waals surface area contributed by atoms with Crippen LogP contribution in [-0.2, 0) is 4.74 Å². The van der Waals surface area contributed by atoms with Crippen LogP contribution < -0.4 is 23.7 Å². The fraction of sp³-hybridized carbons (Fsp3) is 0.200. The number of carbonyl (C=O) groups excluding carboxylic acids is 2. The Kier molecular flexibility index (Phi) is 8.25. The summed E-state index contributed by atoms with van der Waals surface area (Å²) in [7, 11) is 8.42. The predicted molar refractivity (Wildman–Crippen MR) is 150 cm³/mol. The Morgan fingerprint density at radius 2 is 1.40 bits per heavy atom. The van der Waals surface area contributed by atoms with E-state index in [9.17, 15) is 14.7 Å². The Morgan fingerprint density at radius 1 is 0.725 bits per heavy atom. The third kappa shape index (κ3) is 4.69. The van der Waals surface area contributed by atoms with E-state index >= 15 is 0 Å². The van der Waals surface area contributed by atoms with Crippen LogP contribution in [0.3, 0.4) is 0 Å². The largest absolute Gasteiger partial charge is 0.506 e. The molecule has 10 heteroatoms. The molecule has 0 aliphatic rings. The lowest BCUT2D eigenvalue weighted by Crippen LogP contribution is -2.15. The number of ketones is 1. The minimum absolute atomic E-state index is 0.151. The van der Waals surface area contributed by atoms with E-state index in [-0.39, 0.29) is 50.3 Å². The van der Waals surface area contributed by atoms with Gasteiger partial charge in [0.25, 0.3) is 0 Å². The van der Waals surface area contributed by atoms with Crippen molar-refractivity contribution in [1.29, 1.82) is 0 Å². The summed E-state index contributed by atoms with van der Waals surface area (Å²) < 4.78 is 32.9. The number of esters is 1. The summed E-state index contributed by atoms with van der Waals surface area (Å²) in [4.78, 5) is 27.5. The first kappa shape index (κ1) is 28.4. The van der Waals surface area contributed by atoms with E-state index in [2.05, 4.69) is 0 Å². The van der Waals surface area contributed by atoms with Crippen LogP contribution in [-0.4, -0.2) is 59.5 Å². The number of benzene rings is 4. The highest BCUT2D eigenvalue weighted by molar-refractivity contribution is 6.31. The molecule has 0 aromatic heterocycles. The van der Waals surface area contributed by atoms with Gasteiger partial charge in [-0.2, -0.15) is 0 Å². The number of hydrogen-bond acceptors (Lipinski definition) is 9. The number of phenols is 1. The van der Waals surface area contributed by atoms with Gasteiger partial charge in [0, 0.05) is 26.9 Å². The molecule has 0 heterocycles. The first-order valence-corrected chi connectivity index (χ1v) is 12.3. The number of fused-ring (bicyclic) bond motifs is 1. The second-order valence-corrected chi connectivity index (χ2v) is 8.88. The average Bonchev–Trinajstić information content (AvgIpc) is 2.98. The zero-order valence-electron chi connectivity index (χ0n) is 22.7. The Bertz CT molecular complexity index is 1630. The Labute approximate surface area is 235 Å².